The van der Waals surface area contributed by atoms with Crippen LogP contribution in [0.15, 0.2) is 4.99 Å². The number of rotatable bonds is 8. The van der Waals surface area contributed by atoms with E-state index in [0.717, 1.165) is 50.6 Å². The molecule has 2 N–H and O–H groups in total. The van der Waals surface area contributed by atoms with E-state index < -0.39 is 0 Å². The monoisotopic (exact) mass is 423 g/mol. The molecule has 0 saturated heterocycles. The van der Waals surface area contributed by atoms with Gasteiger partial charge in [0.1, 0.15) is 0 Å². The summed E-state index contributed by atoms with van der Waals surface area (Å²) in [4.78, 5) is 4.24. The van der Waals surface area contributed by atoms with Gasteiger partial charge in [0.2, 0.25) is 0 Å². The predicted molar refractivity (Wildman–Crippen MR) is 102 cm³/mol. The van der Waals surface area contributed by atoms with Gasteiger partial charge in [0.05, 0.1) is 5.69 Å². The second-order valence-corrected chi connectivity index (χ2v) is 4.90. The molecule has 0 radical (unpaired) electrons. The highest BCUT2D eigenvalue weighted by molar-refractivity contribution is 14.0. The van der Waals surface area contributed by atoms with Crippen LogP contribution >= 0.6 is 24.0 Å². The lowest BCUT2D eigenvalue weighted by Gasteiger charge is -2.12. The first-order chi connectivity index (χ1) is 10.2. The molecule has 0 bridgehead atoms. The van der Waals surface area contributed by atoms with Gasteiger partial charge in [-0.25, -0.2) is 0 Å². The van der Waals surface area contributed by atoms with Gasteiger partial charge in [-0.3, -0.25) is 9.67 Å². The van der Waals surface area contributed by atoms with Gasteiger partial charge in [-0.05, 0) is 19.3 Å². The lowest BCUT2D eigenvalue weighted by molar-refractivity contribution is 0.195. The van der Waals surface area contributed by atoms with Gasteiger partial charge in [0.25, 0.3) is 0 Å². The van der Waals surface area contributed by atoms with E-state index in [-0.39, 0.29) is 24.0 Å². The molecule has 1 rings (SSSR count). The SMILES string of the molecule is CCc1nn(C)c(CC)c1CNC(=NC)NCCCOC.I. The molecule has 22 heavy (non-hydrogen) atoms. The van der Waals surface area contributed by atoms with Gasteiger partial charge >= 0.3 is 0 Å². The quantitative estimate of drug-likeness (QED) is 0.290. The Hall–Kier alpha value is -0.830. The molecule has 0 aliphatic heterocycles. The van der Waals surface area contributed by atoms with Crippen molar-refractivity contribution in [1.29, 1.82) is 0 Å². The minimum atomic E-state index is 0. The van der Waals surface area contributed by atoms with Gasteiger partial charge in [-0.1, -0.05) is 13.8 Å². The first kappa shape index (κ1) is 21.2. The summed E-state index contributed by atoms with van der Waals surface area (Å²) in [5, 5.41) is 11.2. The molecule has 0 spiro atoms. The van der Waals surface area contributed by atoms with Crippen molar-refractivity contribution in [2.45, 2.75) is 39.7 Å². The van der Waals surface area contributed by atoms with Gasteiger partial charge < -0.3 is 15.4 Å². The molecule has 0 saturated carbocycles. The summed E-state index contributed by atoms with van der Waals surface area (Å²) in [7, 11) is 5.52. The van der Waals surface area contributed by atoms with Crippen LogP contribution in [0.25, 0.3) is 0 Å². The van der Waals surface area contributed by atoms with Crippen molar-refractivity contribution in [2.75, 3.05) is 27.3 Å². The fraction of sp³-hybridized carbons (Fsp3) is 0.733. The Labute approximate surface area is 151 Å². The first-order valence-corrected chi connectivity index (χ1v) is 7.64. The zero-order valence-electron chi connectivity index (χ0n) is 14.4. The van der Waals surface area contributed by atoms with Crippen molar-refractivity contribution < 1.29 is 4.74 Å². The normalized spacial score (nSPS) is 11.2. The zero-order valence-corrected chi connectivity index (χ0v) is 16.7. The standard InChI is InChI=1S/C15H29N5O.HI/c1-6-13-12(14(7-2)20(4)19-13)11-18-15(16-3)17-9-8-10-21-5;/h6-11H2,1-5H3,(H2,16,17,18);1H. The van der Waals surface area contributed by atoms with Gasteiger partial charge in [-0.15, -0.1) is 24.0 Å². The van der Waals surface area contributed by atoms with Gasteiger partial charge in [0, 0.05) is 52.2 Å². The summed E-state index contributed by atoms with van der Waals surface area (Å²) >= 11 is 0. The molecule has 1 aromatic heterocycles. The fourth-order valence-corrected chi connectivity index (χ4v) is 2.41. The molecule has 128 valence electrons. The number of aryl methyl sites for hydroxylation is 2. The number of ether oxygens (including phenoxy) is 1. The number of nitrogens with one attached hydrogen (secondary N) is 2. The van der Waals surface area contributed by atoms with Crippen LogP contribution in [-0.4, -0.2) is 43.0 Å². The number of nitrogens with zero attached hydrogens (tertiary/aromatic N) is 3. The third kappa shape index (κ3) is 6.12. The summed E-state index contributed by atoms with van der Waals surface area (Å²) in [5.74, 6) is 0.819. The predicted octanol–water partition coefficient (Wildman–Crippen LogP) is 1.86. The minimum absolute atomic E-state index is 0. The van der Waals surface area contributed by atoms with E-state index in [9.17, 15) is 0 Å². The third-order valence-electron chi connectivity index (χ3n) is 3.50. The largest absolute Gasteiger partial charge is 0.385 e. The highest BCUT2D eigenvalue weighted by Gasteiger charge is 2.13. The molecule has 0 aliphatic carbocycles. The minimum Gasteiger partial charge on any atom is -0.385 e. The van der Waals surface area contributed by atoms with E-state index in [1.54, 1.807) is 14.2 Å². The van der Waals surface area contributed by atoms with Crippen molar-refractivity contribution in [3.63, 3.8) is 0 Å². The number of hydrogen-bond donors (Lipinski definition) is 2. The maximum absolute atomic E-state index is 5.04. The molecule has 0 aliphatic rings. The highest BCUT2D eigenvalue weighted by atomic mass is 127. The van der Waals surface area contributed by atoms with Crippen LogP contribution in [0.1, 0.15) is 37.2 Å². The Morgan fingerprint density at radius 2 is 2.00 bits per heavy atom. The molecule has 0 unspecified atom stereocenters. The number of halogens is 1. The summed E-state index contributed by atoms with van der Waals surface area (Å²) < 4.78 is 7.03. The number of methoxy groups -OCH3 is 1. The van der Waals surface area contributed by atoms with Gasteiger partial charge in [0.15, 0.2) is 5.96 Å². The van der Waals surface area contributed by atoms with Crippen molar-refractivity contribution in [2.24, 2.45) is 12.0 Å². The molecule has 1 aromatic rings. The molecular weight excluding hydrogens is 393 g/mol. The van der Waals surface area contributed by atoms with E-state index in [1.807, 2.05) is 11.7 Å². The second-order valence-electron chi connectivity index (χ2n) is 4.90. The number of hydrogen-bond acceptors (Lipinski definition) is 3. The van der Waals surface area contributed by atoms with Crippen LogP contribution in [0.4, 0.5) is 0 Å². The Morgan fingerprint density at radius 1 is 1.27 bits per heavy atom. The van der Waals surface area contributed by atoms with Crippen molar-refractivity contribution in [3.8, 4) is 0 Å². The van der Waals surface area contributed by atoms with Crippen molar-refractivity contribution in [1.82, 2.24) is 20.4 Å². The highest BCUT2D eigenvalue weighted by Crippen LogP contribution is 2.14. The zero-order chi connectivity index (χ0) is 15.7. The van der Waals surface area contributed by atoms with Crippen LogP contribution < -0.4 is 10.6 Å². The van der Waals surface area contributed by atoms with Crippen LogP contribution in [0.5, 0.6) is 0 Å². The summed E-state index contributed by atoms with van der Waals surface area (Å²) in [6.45, 7) is 6.67. The maximum Gasteiger partial charge on any atom is 0.191 e. The molecule has 0 fully saturated rings. The Bertz CT molecular complexity index is 459. The van der Waals surface area contributed by atoms with E-state index in [1.165, 1.54) is 11.3 Å². The van der Waals surface area contributed by atoms with Crippen LogP contribution in [0.3, 0.4) is 0 Å². The first-order valence-electron chi connectivity index (χ1n) is 7.64. The molecule has 6 nitrogen and oxygen atoms in total. The number of guanidine groups is 1. The lowest BCUT2D eigenvalue weighted by Crippen LogP contribution is -2.37. The van der Waals surface area contributed by atoms with E-state index >= 15 is 0 Å². The van der Waals surface area contributed by atoms with Crippen molar-refractivity contribution in [3.05, 3.63) is 17.0 Å². The molecule has 0 amide bonds. The van der Waals surface area contributed by atoms with Crippen molar-refractivity contribution >= 4 is 29.9 Å². The second kappa shape index (κ2) is 11.7. The smallest absolute Gasteiger partial charge is 0.191 e. The van der Waals surface area contributed by atoms with E-state index in [4.69, 9.17) is 4.74 Å². The van der Waals surface area contributed by atoms with Gasteiger partial charge in [-0.2, -0.15) is 5.10 Å². The van der Waals surface area contributed by atoms with E-state index in [2.05, 4.69) is 34.6 Å². The third-order valence-corrected chi connectivity index (χ3v) is 3.50. The molecule has 1 heterocycles. The lowest BCUT2D eigenvalue weighted by atomic mass is 10.1. The van der Waals surface area contributed by atoms with E-state index in [0.29, 0.717) is 0 Å². The summed E-state index contributed by atoms with van der Waals surface area (Å²) in [6.07, 6.45) is 2.90. The Balaban J connectivity index is 0.00000441. The molecular formula is C15H30IN5O. The summed E-state index contributed by atoms with van der Waals surface area (Å²) in [6, 6.07) is 0. The molecule has 7 heteroatoms. The maximum atomic E-state index is 5.04. The Kier molecular flexibility index (Phi) is 11.3. The Morgan fingerprint density at radius 3 is 2.55 bits per heavy atom. The fourth-order valence-electron chi connectivity index (χ4n) is 2.41. The molecule has 0 aromatic carbocycles. The number of aromatic nitrogens is 2. The summed E-state index contributed by atoms with van der Waals surface area (Å²) in [5.41, 5.74) is 3.74. The average Bonchev–Trinajstić information content (AvgIpc) is 2.81. The number of aliphatic imine (C=N–C) groups is 1. The topological polar surface area (TPSA) is 63.5 Å². The average molecular weight is 423 g/mol. The van der Waals surface area contributed by atoms with Crippen LogP contribution in [-0.2, 0) is 31.2 Å². The molecule has 0 atom stereocenters. The van der Waals surface area contributed by atoms with Crippen LogP contribution in [0, 0.1) is 0 Å². The van der Waals surface area contributed by atoms with Crippen LogP contribution in [0.2, 0.25) is 0 Å².